The minimum atomic E-state index is 0.0903. The molecule has 1 unspecified atom stereocenters. The van der Waals surface area contributed by atoms with Crippen molar-refractivity contribution in [3.05, 3.63) is 17.0 Å². The van der Waals surface area contributed by atoms with Gasteiger partial charge >= 0.3 is 0 Å². The van der Waals surface area contributed by atoms with Crippen LogP contribution in [0.5, 0.6) is 0 Å². The number of hydrogen-bond acceptors (Lipinski definition) is 3. The summed E-state index contributed by atoms with van der Waals surface area (Å²) in [6.07, 6.45) is 1.98. The first kappa shape index (κ1) is 14.6. The number of hydrogen-bond donors (Lipinski definition) is 1. The van der Waals surface area contributed by atoms with Crippen LogP contribution in [0.3, 0.4) is 0 Å². The number of nitrogens with zero attached hydrogens (tertiary/aromatic N) is 2. The Kier molecular flexibility index (Phi) is 6.06. The first-order chi connectivity index (χ1) is 8.15. The molecule has 0 aliphatic carbocycles. The zero-order valence-corrected chi connectivity index (χ0v) is 12.3. The maximum Gasteiger partial charge on any atom is 0.0672 e. The molecule has 0 amide bonds. The highest BCUT2D eigenvalue weighted by atomic mass is 32.2. The summed E-state index contributed by atoms with van der Waals surface area (Å²) in [6.45, 7) is 9.59. The van der Waals surface area contributed by atoms with Crippen molar-refractivity contribution < 1.29 is 0 Å². The summed E-state index contributed by atoms with van der Waals surface area (Å²) < 4.78 is 2.17. The van der Waals surface area contributed by atoms with Gasteiger partial charge in [-0.25, -0.2) is 0 Å². The van der Waals surface area contributed by atoms with Gasteiger partial charge in [0.15, 0.2) is 0 Å². The fourth-order valence-electron chi connectivity index (χ4n) is 2.21. The molecule has 0 saturated heterocycles. The van der Waals surface area contributed by atoms with Gasteiger partial charge in [-0.2, -0.15) is 16.9 Å². The minimum absolute atomic E-state index is 0.0903. The molecule has 17 heavy (non-hydrogen) atoms. The molecule has 0 aliphatic heterocycles. The molecule has 1 atom stereocenters. The highest BCUT2D eigenvalue weighted by molar-refractivity contribution is 7.99. The Labute approximate surface area is 109 Å². The Balaban J connectivity index is 2.96. The smallest absolute Gasteiger partial charge is 0.0672 e. The third kappa shape index (κ3) is 3.49. The van der Waals surface area contributed by atoms with Gasteiger partial charge in [-0.05, 0) is 25.5 Å². The molecule has 0 bridgehead atoms. The predicted octanol–water partition coefficient (Wildman–Crippen LogP) is 2.78. The molecule has 1 aromatic heterocycles. The normalized spacial score (nSPS) is 13.0. The lowest BCUT2D eigenvalue weighted by atomic mass is 10.0. The third-order valence-electron chi connectivity index (χ3n) is 2.95. The van der Waals surface area contributed by atoms with E-state index in [1.54, 1.807) is 0 Å². The van der Waals surface area contributed by atoms with Gasteiger partial charge in [0.05, 0.1) is 12.2 Å². The van der Waals surface area contributed by atoms with E-state index in [-0.39, 0.29) is 6.04 Å². The summed E-state index contributed by atoms with van der Waals surface area (Å²) in [6, 6.07) is 0.0903. The van der Waals surface area contributed by atoms with E-state index >= 15 is 0 Å². The van der Waals surface area contributed by atoms with Gasteiger partial charge in [-0.3, -0.25) is 4.68 Å². The van der Waals surface area contributed by atoms with Crippen molar-refractivity contribution in [1.82, 2.24) is 9.78 Å². The van der Waals surface area contributed by atoms with Crippen LogP contribution in [0.25, 0.3) is 0 Å². The second-order valence-corrected chi connectivity index (χ2v) is 5.62. The van der Waals surface area contributed by atoms with Crippen LogP contribution in [0, 0.1) is 0 Å². The lowest BCUT2D eigenvalue weighted by Gasteiger charge is -2.10. The predicted molar refractivity (Wildman–Crippen MR) is 76.6 cm³/mol. The Bertz CT molecular complexity index is 345. The quantitative estimate of drug-likeness (QED) is 0.762. The SMILES string of the molecule is CCSCCn1nc(CC)c(C(C)N)c1CC. The van der Waals surface area contributed by atoms with E-state index in [0.717, 1.165) is 25.1 Å². The van der Waals surface area contributed by atoms with E-state index < -0.39 is 0 Å². The monoisotopic (exact) mass is 255 g/mol. The van der Waals surface area contributed by atoms with Crippen molar-refractivity contribution in [2.45, 2.75) is 53.1 Å². The highest BCUT2D eigenvalue weighted by Gasteiger charge is 2.17. The van der Waals surface area contributed by atoms with Crippen LogP contribution in [0.4, 0.5) is 0 Å². The van der Waals surface area contributed by atoms with Gasteiger partial charge in [0.25, 0.3) is 0 Å². The molecule has 0 fully saturated rings. The molecular weight excluding hydrogens is 230 g/mol. The summed E-state index contributed by atoms with van der Waals surface area (Å²) in [5.74, 6) is 2.30. The van der Waals surface area contributed by atoms with Crippen LogP contribution in [-0.2, 0) is 19.4 Å². The molecule has 1 heterocycles. The van der Waals surface area contributed by atoms with E-state index in [1.165, 1.54) is 22.7 Å². The summed E-state index contributed by atoms with van der Waals surface area (Å²) in [7, 11) is 0. The topological polar surface area (TPSA) is 43.8 Å². The Hall–Kier alpha value is -0.480. The van der Waals surface area contributed by atoms with E-state index in [1.807, 2.05) is 11.8 Å². The van der Waals surface area contributed by atoms with Crippen LogP contribution in [0.2, 0.25) is 0 Å². The van der Waals surface area contributed by atoms with Gasteiger partial charge < -0.3 is 5.73 Å². The van der Waals surface area contributed by atoms with Crippen molar-refractivity contribution in [3.8, 4) is 0 Å². The average molecular weight is 255 g/mol. The standard InChI is InChI=1S/C13H25N3S/c1-5-11-13(10(4)14)12(6-2)16(15-11)8-9-17-7-3/h10H,5-9,14H2,1-4H3. The van der Waals surface area contributed by atoms with Crippen LogP contribution in [0.15, 0.2) is 0 Å². The number of nitrogens with two attached hydrogens (primary N) is 1. The van der Waals surface area contributed by atoms with Crippen LogP contribution in [-0.4, -0.2) is 21.3 Å². The van der Waals surface area contributed by atoms with E-state index in [4.69, 9.17) is 10.8 Å². The molecule has 2 N–H and O–H groups in total. The molecule has 0 radical (unpaired) electrons. The van der Waals surface area contributed by atoms with Crippen LogP contribution < -0.4 is 5.73 Å². The summed E-state index contributed by atoms with van der Waals surface area (Å²) in [5, 5.41) is 4.72. The maximum atomic E-state index is 6.08. The highest BCUT2D eigenvalue weighted by Crippen LogP contribution is 2.22. The molecule has 0 spiro atoms. The molecule has 0 aromatic carbocycles. The van der Waals surface area contributed by atoms with Crippen LogP contribution >= 0.6 is 11.8 Å². The fourth-order valence-corrected chi connectivity index (χ4v) is 2.80. The second-order valence-electron chi connectivity index (χ2n) is 4.22. The van der Waals surface area contributed by atoms with Gasteiger partial charge in [0.2, 0.25) is 0 Å². The molecule has 0 saturated carbocycles. The largest absolute Gasteiger partial charge is 0.324 e. The van der Waals surface area contributed by atoms with Crippen LogP contribution in [0.1, 0.15) is 50.7 Å². The van der Waals surface area contributed by atoms with Crippen molar-refractivity contribution in [3.63, 3.8) is 0 Å². The number of rotatable bonds is 7. The van der Waals surface area contributed by atoms with Gasteiger partial charge in [-0.1, -0.05) is 20.8 Å². The molecule has 3 nitrogen and oxygen atoms in total. The molecule has 1 aromatic rings. The molecule has 0 aliphatic rings. The van der Waals surface area contributed by atoms with E-state index in [2.05, 4.69) is 32.4 Å². The average Bonchev–Trinajstić information content (AvgIpc) is 2.67. The second kappa shape index (κ2) is 7.07. The minimum Gasteiger partial charge on any atom is -0.324 e. The molecule has 1 rings (SSSR count). The molecular formula is C13H25N3S. The summed E-state index contributed by atoms with van der Waals surface area (Å²) in [5.41, 5.74) is 9.86. The van der Waals surface area contributed by atoms with Crippen molar-refractivity contribution in [2.75, 3.05) is 11.5 Å². The van der Waals surface area contributed by atoms with E-state index in [0.29, 0.717) is 0 Å². The molecule has 4 heteroatoms. The zero-order valence-electron chi connectivity index (χ0n) is 11.5. The van der Waals surface area contributed by atoms with Gasteiger partial charge in [0, 0.05) is 23.1 Å². The van der Waals surface area contributed by atoms with Crippen molar-refractivity contribution in [2.24, 2.45) is 5.73 Å². The number of aromatic nitrogens is 2. The summed E-state index contributed by atoms with van der Waals surface area (Å²) >= 11 is 1.96. The third-order valence-corrected chi connectivity index (χ3v) is 3.83. The lowest BCUT2D eigenvalue weighted by Crippen LogP contribution is -2.11. The van der Waals surface area contributed by atoms with E-state index in [9.17, 15) is 0 Å². The van der Waals surface area contributed by atoms with Crippen molar-refractivity contribution in [1.29, 1.82) is 0 Å². The Morgan fingerprint density at radius 2 is 2.00 bits per heavy atom. The number of thioether (sulfide) groups is 1. The van der Waals surface area contributed by atoms with Crippen molar-refractivity contribution >= 4 is 11.8 Å². The Morgan fingerprint density at radius 1 is 1.29 bits per heavy atom. The Morgan fingerprint density at radius 3 is 2.47 bits per heavy atom. The van der Waals surface area contributed by atoms with Gasteiger partial charge in [-0.15, -0.1) is 0 Å². The van der Waals surface area contributed by atoms with Gasteiger partial charge in [0.1, 0.15) is 0 Å². The first-order valence-electron chi connectivity index (χ1n) is 6.57. The number of aryl methyl sites for hydroxylation is 2. The fraction of sp³-hybridized carbons (Fsp3) is 0.769. The zero-order chi connectivity index (χ0) is 12.8. The lowest BCUT2D eigenvalue weighted by molar-refractivity contribution is 0.621. The maximum absolute atomic E-state index is 6.08. The molecule has 98 valence electrons. The first-order valence-corrected chi connectivity index (χ1v) is 7.72. The summed E-state index contributed by atoms with van der Waals surface area (Å²) in [4.78, 5) is 0.